The molecule has 0 aliphatic carbocycles. The zero-order valence-electron chi connectivity index (χ0n) is 13.1. The van der Waals surface area contributed by atoms with E-state index in [4.69, 9.17) is 0 Å². The van der Waals surface area contributed by atoms with Crippen molar-refractivity contribution in [2.45, 2.75) is 57.5 Å². The molecule has 120 valence electrons. The third-order valence-corrected chi connectivity index (χ3v) is 7.12. The summed E-state index contributed by atoms with van der Waals surface area (Å²) in [6.45, 7) is 8.69. The minimum absolute atomic E-state index is 0.0975. The van der Waals surface area contributed by atoms with Crippen LogP contribution >= 0.6 is 11.3 Å². The van der Waals surface area contributed by atoms with Crippen LogP contribution < -0.4 is 5.32 Å². The summed E-state index contributed by atoms with van der Waals surface area (Å²) in [5, 5.41) is 5.09. The van der Waals surface area contributed by atoms with E-state index >= 15 is 0 Å². The Hall–Kier alpha value is -0.430. The van der Waals surface area contributed by atoms with Crippen LogP contribution in [0.15, 0.2) is 16.3 Å². The molecule has 0 bridgehead atoms. The van der Waals surface area contributed by atoms with Crippen LogP contribution in [0, 0.1) is 5.92 Å². The van der Waals surface area contributed by atoms with Crippen molar-refractivity contribution in [2.24, 2.45) is 5.92 Å². The lowest BCUT2D eigenvalue weighted by Gasteiger charge is -2.35. The Balaban J connectivity index is 2.09. The first-order valence-corrected chi connectivity index (χ1v) is 10.1. The molecule has 0 saturated carbocycles. The first-order valence-electron chi connectivity index (χ1n) is 7.75. The van der Waals surface area contributed by atoms with Crippen LogP contribution in [0.2, 0.25) is 0 Å². The molecule has 2 rings (SSSR count). The van der Waals surface area contributed by atoms with Crippen LogP contribution in [-0.4, -0.2) is 31.9 Å². The lowest BCUT2D eigenvalue weighted by Crippen LogP contribution is -2.43. The van der Waals surface area contributed by atoms with E-state index in [0.29, 0.717) is 17.4 Å². The van der Waals surface area contributed by atoms with Crippen LogP contribution in [0.5, 0.6) is 0 Å². The maximum Gasteiger partial charge on any atom is 0.244 e. The van der Waals surface area contributed by atoms with Gasteiger partial charge in [0.05, 0.1) is 4.90 Å². The van der Waals surface area contributed by atoms with Crippen molar-refractivity contribution in [1.82, 2.24) is 9.62 Å². The molecule has 0 spiro atoms. The molecule has 1 aliphatic rings. The number of hydrogen-bond acceptors (Lipinski definition) is 4. The van der Waals surface area contributed by atoms with E-state index in [1.165, 1.54) is 11.3 Å². The largest absolute Gasteiger partial charge is 0.312 e. The van der Waals surface area contributed by atoms with Crippen molar-refractivity contribution in [1.29, 1.82) is 0 Å². The molecule has 2 heterocycles. The highest BCUT2D eigenvalue weighted by Crippen LogP contribution is 2.30. The molecule has 0 aromatic carbocycles. The summed E-state index contributed by atoms with van der Waals surface area (Å²) < 4.78 is 27.2. The molecule has 1 aliphatic heterocycles. The minimum Gasteiger partial charge on any atom is -0.312 e. The van der Waals surface area contributed by atoms with E-state index < -0.39 is 10.0 Å². The summed E-state index contributed by atoms with van der Waals surface area (Å²) in [5.74, 6) is 0.614. The van der Waals surface area contributed by atoms with E-state index in [9.17, 15) is 8.42 Å². The van der Waals surface area contributed by atoms with Gasteiger partial charge < -0.3 is 5.32 Å². The Bertz CT molecular complexity index is 554. The van der Waals surface area contributed by atoms with Crippen molar-refractivity contribution in [3.63, 3.8) is 0 Å². The molecule has 0 amide bonds. The van der Waals surface area contributed by atoms with Gasteiger partial charge in [0.25, 0.3) is 0 Å². The maximum atomic E-state index is 12.8. The van der Waals surface area contributed by atoms with Gasteiger partial charge in [-0.05, 0) is 44.7 Å². The number of rotatable bonds is 6. The summed E-state index contributed by atoms with van der Waals surface area (Å²) >= 11 is 1.52. The monoisotopic (exact) mass is 330 g/mol. The topological polar surface area (TPSA) is 49.4 Å². The molecule has 1 saturated heterocycles. The summed E-state index contributed by atoms with van der Waals surface area (Å²) in [6, 6.07) is 1.92. The standard InChI is InChI=1S/C15H26N2O2S2/c1-4-6-16-10-14-9-15(11-20-14)21(18,19)17-7-5-12(2)8-13(17)3/h9,11-13,16H,4-8,10H2,1-3H3. The fraction of sp³-hybridized carbons (Fsp3) is 0.733. The fourth-order valence-electron chi connectivity index (χ4n) is 2.86. The Kier molecular flexibility index (Phi) is 5.82. The summed E-state index contributed by atoms with van der Waals surface area (Å²) in [7, 11) is -3.33. The van der Waals surface area contributed by atoms with Crippen LogP contribution in [0.25, 0.3) is 0 Å². The smallest absolute Gasteiger partial charge is 0.244 e. The van der Waals surface area contributed by atoms with Crippen molar-refractivity contribution < 1.29 is 8.42 Å². The highest BCUT2D eigenvalue weighted by molar-refractivity contribution is 7.89. The van der Waals surface area contributed by atoms with Gasteiger partial charge in [0.1, 0.15) is 0 Å². The van der Waals surface area contributed by atoms with Crippen LogP contribution in [0.3, 0.4) is 0 Å². The van der Waals surface area contributed by atoms with Crippen molar-refractivity contribution in [3.8, 4) is 0 Å². The quantitative estimate of drug-likeness (QED) is 0.816. The summed E-state index contributed by atoms with van der Waals surface area (Å²) in [4.78, 5) is 1.54. The molecule has 6 heteroatoms. The Morgan fingerprint density at radius 3 is 2.86 bits per heavy atom. The van der Waals surface area contributed by atoms with Gasteiger partial charge in [0.15, 0.2) is 0 Å². The second-order valence-electron chi connectivity index (χ2n) is 6.02. The molecule has 1 aromatic heterocycles. The normalized spacial score (nSPS) is 24.3. The average Bonchev–Trinajstić information content (AvgIpc) is 2.88. The number of piperidine rings is 1. The highest BCUT2D eigenvalue weighted by Gasteiger charge is 2.33. The second-order valence-corrected chi connectivity index (χ2v) is 8.91. The first-order chi connectivity index (χ1) is 9.95. The Labute approximate surface area is 132 Å². The predicted octanol–water partition coefficient (Wildman–Crippen LogP) is 3.06. The molecule has 0 radical (unpaired) electrons. The van der Waals surface area contributed by atoms with Gasteiger partial charge in [0, 0.05) is 29.4 Å². The Morgan fingerprint density at radius 2 is 2.19 bits per heavy atom. The predicted molar refractivity (Wildman–Crippen MR) is 88.1 cm³/mol. The molecule has 4 nitrogen and oxygen atoms in total. The zero-order valence-corrected chi connectivity index (χ0v) is 14.8. The molecule has 1 fully saturated rings. The van der Waals surface area contributed by atoms with Gasteiger partial charge in [0.2, 0.25) is 10.0 Å². The number of thiophene rings is 1. The fourth-order valence-corrected chi connectivity index (χ4v) is 5.74. The molecule has 21 heavy (non-hydrogen) atoms. The molecular weight excluding hydrogens is 304 g/mol. The van der Waals surface area contributed by atoms with E-state index in [1.54, 1.807) is 9.69 Å². The SMILES string of the molecule is CCCNCc1cc(S(=O)(=O)N2CCC(C)CC2C)cs1. The van der Waals surface area contributed by atoms with Gasteiger partial charge in [-0.1, -0.05) is 13.8 Å². The molecule has 2 unspecified atom stereocenters. The molecule has 1 aromatic rings. The average molecular weight is 331 g/mol. The highest BCUT2D eigenvalue weighted by atomic mass is 32.2. The third kappa shape index (κ3) is 4.06. The first kappa shape index (κ1) is 16.9. The van der Waals surface area contributed by atoms with E-state index in [0.717, 1.165) is 37.2 Å². The third-order valence-electron chi connectivity index (χ3n) is 4.04. The summed E-state index contributed by atoms with van der Waals surface area (Å²) in [6.07, 6.45) is 2.99. The van der Waals surface area contributed by atoms with Crippen molar-refractivity contribution in [3.05, 3.63) is 16.3 Å². The number of hydrogen-bond donors (Lipinski definition) is 1. The minimum atomic E-state index is -3.33. The van der Waals surface area contributed by atoms with Crippen molar-refractivity contribution >= 4 is 21.4 Å². The number of sulfonamides is 1. The maximum absolute atomic E-state index is 12.8. The summed E-state index contributed by atoms with van der Waals surface area (Å²) in [5.41, 5.74) is 0. The molecular formula is C15H26N2O2S2. The lowest BCUT2D eigenvalue weighted by atomic mass is 9.95. The van der Waals surface area contributed by atoms with Crippen LogP contribution in [0.1, 0.15) is 44.9 Å². The van der Waals surface area contributed by atoms with Gasteiger partial charge in [-0.15, -0.1) is 11.3 Å². The van der Waals surface area contributed by atoms with Crippen LogP contribution in [-0.2, 0) is 16.6 Å². The van der Waals surface area contributed by atoms with Crippen LogP contribution in [0.4, 0.5) is 0 Å². The zero-order chi connectivity index (χ0) is 15.5. The second kappa shape index (κ2) is 7.22. The number of nitrogens with one attached hydrogen (secondary N) is 1. The number of nitrogens with zero attached hydrogens (tertiary/aromatic N) is 1. The van der Waals surface area contributed by atoms with Crippen molar-refractivity contribution in [2.75, 3.05) is 13.1 Å². The molecule has 1 N–H and O–H groups in total. The Morgan fingerprint density at radius 1 is 1.43 bits per heavy atom. The van der Waals surface area contributed by atoms with Gasteiger partial charge in [-0.2, -0.15) is 4.31 Å². The van der Waals surface area contributed by atoms with Gasteiger partial charge >= 0.3 is 0 Å². The van der Waals surface area contributed by atoms with Gasteiger partial charge in [-0.3, -0.25) is 0 Å². The van der Waals surface area contributed by atoms with Gasteiger partial charge in [-0.25, -0.2) is 8.42 Å². The van der Waals surface area contributed by atoms with E-state index in [-0.39, 0.29) is 6.04 Å². The van der Waals surface area contributed by atoms with E-state index in [2.05, 4.69) is 19.2 Å². The lowest BCUT2D eigenvalue weighted by molar-refractivity contribution is 0.220. The molecule has 2 atom stereocenters. The van der Waals surface area contributed by atoms with E-state index in [1.807, 2.05) is 13.0 Å².